The third-order valence-electron chi connectivity index (χ3n) is 3.73. The van der Waals surface area contributed by atoms with Gasteiger partial charge in [-0.05, 0) is 25.1 Å². The van der Waals surface area contributed by atoms with Crippen LogP contribution in [0.2, 0.25) is 8.67 Å². The molecule has 0 N–H and O–H groups in total. The van der Waals surface area contributed by atoms with E-state index >= 15 is 0 Å². The maximum absolute atomic E-state index is 12.7. The van der Waals surface area contributed by atoms with Crippen LogP contribution in [0, 0.1) is 0 Å². The zero-order valence-electron chi connectivity index (χ0n) is 13.0. The molecule has 0 aliphatic heterocycles. The fraction of sp³-hybridized carbons (Fsp3) is 0.267. The minimum Gasteiger partial charge on any atom is -0.327 e. The fourth-order valence-electron chi connectivity index (χ4n) is 2.55. The summed E-state index contributed by atoms with van der Waals surface area (Å²) in [5.41, 5.74) is 1.83. The van der Waals surface area contributed by atoms with E-state index in [1.807, 2.05) is 35.8 Å². The molecule has 0 fully saturated rings. The van der Waals surface area contributed by atoms with Gasteiger partial charge in [0.25, 0.3) is 0 Å². The van der Waals surface area contributed by atoms with Crippen LogP contribution in [0.25, 0.3) is 11.0 Å². The highest BCUT2D eigenvalue weighted by Crippen LogP contribution is 2.35. The topological polar surface area (TPSA) is 55.2 Å². The minimum absolute atomic E-state index is 0.0285. The van der Waals surface area contributed by atoms with E-state index in [-0.39, 0.29) is 15.8 Å². The number of rotatable bonds is 5. The number of fused-ring (bicyclic) bond motifs is 1. The number of hydrogen-bond acceptors (Lipinski definition) is 4. The maximum Gasteiger partial charge on any atom is 0.245 e. The molecule has 2 aromatic heterocycles. The molecule has 0 bridgehead atoms. The highest BCUT2D eigenvalue weighted by atomic mass is 35.5. The molecule has 0 unspecified atom stereocenters. The summed E-state index contributed by atoms with van der Waals surface area (Å²) in [7, 11) is -2.22. The van der Waals surface area contributed by atoms with Gasteiger partial charge in [0.15, 0.2) is 0 Å². The third-order valence-corrected chi connectivity index (χ3v) is 7.28. The summed E-state index contributed by atoms with van der Waals surface area (Å²) in [4.78, 5) is 4.59. The Labute approximate surface area is 154 Å². The van der Waals surface area contributed by atoms with Gasteiger partial charge in [0.05, 0.1) is 21.9 Å². The van der Waals surface area contributed by atoms with Gasteiger partial charge in [0.1, 0.15) is 15.1 Å². The number of thiophene rings is 1. The number of aryl methyl sites for hydroxylation is 1. The summed E-state index contributed by atoms with van der Waals surface area (Å²) >= 11 is 12.9. The van der Waals surface area contributed by atoms with E-state index in [0.717, 1.165) is 22.4 Å². The van der Waals surface area contributed by atoms with Crippen molar-refractivity contribution in [3.05, 3.63) is 44.8 Å². The van der Waals surface area contributed by atoms with E-state index in [2.05, 4.69) is 4.98 Å². The van der Waals surface area contributed by atoms with Crippen molar-refractivity contribution in [2.45, 2.75) is 24.9 Å². The standard InChI is InChI=1S/C15H15Cl2N3O2S2/c1-3-20-11-7-5-4-6-10(11)18-14(20)9-19(2)24(21,22)12-8-13(16)23-15(12)17/h4-8H,3,9H2,1-2H3. The van der Waals surface area contributed by atoms with E-state index in [0.29, 0.717) is 16.7 Å². The van der Waals surface area contributed by atoms with Gasteiger partial charge in [-0.25, -0.2) is 13.4 Å². The normalized spacial score (nSPS) is 12.4. The van der Waals surface area contributed by atoms with Crippen LogP contribution in [0.1, 0.15) is 12.7 Å². The SMILES string of the molecule is CCn1c(CN(C)S(=O)(=O)c2cc(Cl)sc2Cl)nc2ccccc21. The molecule has 2 heterocycles. The van der Waals surface area contributed by atoms with Crippen molar-refractivity contribution in [3.63, 3.8) is 0 Å². The van der Waals surface area contributed by atoms with Crippen molar-refractivity contribution in [1.29, 1.82) is 0 Å². The molecular weight excluding hydrogens is 389 g/mol. The highest BCUT2D eigenvalue weighted by Gasteiger charge is 2.27. The van der Waals surface area contributed by atoms with Gasteiger partial charge in [-0.15, -0.1) is 11.3 Å². The minimum atomic E-state index is -3.74. The number of benzene rings is 1. The number of halogens is 2. The van der Waals surface area contributed by atoms with Crippen molar-refractivity contribution in [1.82, 2.24) is 13.9 Å². The average molecular weight is 404 g/mol. The second-order valence-electron chi connectivity index (χ2n) is 5.21. The van der Waals surface area contributed by atoms with Crippen LogP contribution >= 0.6 is 34.5 Å². The quantitative estimate of drug-likeness (QED) is 0.639. The summed E-state index contributed by atoms with van der Waals surface area (Å²) in [5, 5.41) is 0. The first-order chi connectivity index (χ1) is 11.3. The first-order valence-corrected chi connectivity index (χ1v) is 10.2. The fourth-order valence-corrected chi connectivity index (χ4v) is 5.79. The molecular formula is C15H15Cl2N3O2S2. The molecule has 9 heteroatoms. The summed E-state index contributed by atoms with van der Waals surface area (Å²) < 4.78 is 29.2. The molecule has 0 radical (unpaired) electrons. The van der Waals surface area contributed by atoms with E-state index < -0.39 is 10.0 Å². The Kier molecular flexibility index (Phi) is 4.90. The highest BCUT2D eigenvalue weighted by molar-refractivity contribution is 7.89. The van der Waals surface area contributed by atoms with Crippen LogP contribution in [0.5, 0.6) is 0 Å². The number of aromatic nitrogens is 2. The smallest absolute Gasteiger partial charge is 0.245 e. The van der Waals surface area contributed by atoms with Gasteiger partial charge in [0.2, 0.25) is 10.0 Å². The summed E-state index contributed by atoms with van der Waals surface area (Å²) in [6, 6.07) is 9.11. The molecule has 3 rings (SSSR count). The Bertz CT molecular complexity index is 995. The zero-order chi connectivity index (χ0) is 17.5. The van der Waals surface area contributed by atoms with Crippen LogP contribution in [-0.4, -0.2) is 29.3 Å². The molecule has 0 aliphatic rings. The largest absolute Gasteiger partial charge is 0.327 e. The van der Waals surface area contributed by atoms with Crippen LogP contribution in [0.15, 0.2) is 35.2 Å². The van der Waals surface area contributed by atoms with Gasteiger partial charge in [-0.2, -0.15) is 4.31 Å². The van der Waals surface area contributed by atoms with Crippen LogP contribution in [-0.2, 0) is 23.1 Å². The van der Waals surface area contributed by atoms with Crippen molar-refractivity contribution < 1.29 is 8.42 Å². The summed E-state index contributed by atoms with van der Waals surface area (Å²) in [5.74, 6) is 0.683. The van der Waals surface area contributed by atoms with E-state index in [1.165, 1.54) is 17.4 Å². The lowest BCUT2D eigenvalue weighted by Gasteiger charge is -2.17. The molecule has 3 aromatic rings. The summed E-state index contributed by atoms with van der Waals surface area (Å²) in [6.45, 7) is 2.85. The van der Waals surface area contributed by atoms with E-state index in [9.17, 15) is 8.42 Å². The van der Waals surface area contributed by atoms with Gasteiger partial charge in [0, 0.05) is 13.6 Å². The average Bonchev–Trinajstić information content (AvgIpc) is 3.06. The Hall–Kier alpha value is -1.12. The molecule has 0 atom stereocenters. The van der Waals surface area contributed by atoms with Crippen LogP contribution in [0.4, 0.5) is 0 Å². The van der Waals surface area contributed by atoms with Gasteiger partial charge in [-0.1, -0.05) is 35.3 Å². The van der Waals surface area contributed by atoms with Gasteiger partial charge >= 0.3 is 0 Å². The first-order valence-electron chi connectivity index (χ1n) is 7.20. The maximum atomic E-state index is 12.7. The van der Waals surface area contributed by atoms with Crippen LogP contribution in [0.3, 0.4) is 0 Å². The van der Waals surface area contributed by atoms with E-state index in [1.54, 1.807) is 0 Å². The summed E-state index contributed by atoms with van der Waals surface area (Å²) in [6.07, 6.45) is 0. The molecule has 24 heavy (non-hydrogen) atoms. The molecule has 0 saturated heterocycles. The van der Waals surface area contributed by atoms with Crippen molar-refractivity contribution >= 4 is 55.6 Å². The Morgan fingerprint density at radius 3 is 2.62 bits per heavy atom. The van der Waals surface area contributed by atoms with Crippen molar-refractivity contribution in [3.8, 4) is 0 Å². The molecule has 0 aliphatic carbocycles. The van der Waals surface area contributed by atoms with Crippen LogP contribution < -0.4 is 0 Å². The van der Waals surface area contributed by atoms with E-state index in [4.69, 9.17) is 23.2 Å². The predicted molar refractivity (Wildman–Crippen MR) is 98.4 cm³/mol. The third kappa shape index (κ3) is 3.07. The van der Waals surface area contributed by atoms with Gasteiger partial charge < -0.3 is 4.57 Å². The second-order valence-corrected chi connectivity index (χ2v) is 9.51. The lowest BCUT2D eigenvalue weighted by molar-refractivity contribution is 0.449. The molecule has 0 saturated carbocycles. The lowest BCUT2D eigenvalue weighted by Crippen LogP contribution is -2.27. The number of para-hydroxylation sites is 2. The van der Waals surface area contributed by atoms with Crippen molar-refractivity contribution in [2.24, 2.45) is 0 Å². The van der Waals surface area contributed by atoms with Crippen molar-refractivity contribution in [2.75, 3.05) is 7.05 Å². The molecule has 5 nitrogen and oxygen atoms in total. The molecule has 1 aromatic carbocycles. The number of hydrogen-bond donors (Lipinski definition) is 0. The molecule has 128 valence electrons. The predicted octanol–water partition coefficient (Wildman–Crippen LogP) is 4.25. The molecule has 0 amide bonds. The Balaban J connectivity index is 1.98. The Morgan fingerprint density at radius 2 is 2.00 bits per heavy atom. The number of nitrogens with zero attached hydrogens (tertiary/aromatic N) is 3. The monoisotopic (exact) mass is 403 g/mol. The zero-order valence-corrected chi connectivity index (χ0v) is 16.2. The first kappa shape index (κ1) is 17.7. The number of imidazole rings is 1. The number of sulfonamides is 1. The second kappa shape index (κ2) is 6.65. The lowest BCUT2D eigenvalue weighted by atomic mass is 10.3. The van der Waals surface area contributed by atoms with Gasteiger partial charge in [-0.3, -0.25) is 0 Å². The molecule has 0 spiro atoms. The Morgan fingerprint density at radius 1 is 1.29 bits per heavy atom.